The monoisotopic (exact) mass is 333 g/mol. The summed E-state index contributed by atoms with van der Waals surface area (Å²) in [5.41, 5.74) is 1.57. The number of pyridine rings is 1. The smallest absolute Gasteiger partial charge is 0.152 e. The van der Waals surface area contributed by atoms with Gasteiger partial charge >= 0.3 is 0 Å². The van der Waals surface area contributed by atoms with Gasteiger partial charge in [-0.3, -0.25) is 0 Å². The molecule has 1 nitrogen and oxygen atoms in total. The second kappa shape index (κ2) is 4.74. The van der Waals surface area contributed by atoms with Crippen LogP contribution in [0.4, 0.5) is 8.78 Å². The lowest BCUT2D eigenvalue weighted by molar-refractivity contribution is 0.586. The Morgan fingerprint density at radius 3 is 2.44 bits per heavy atom. The lowest BCUT2D eigenvalue weighted by atomic mass is 9.99. The number of hydrogen-bond donors (Lipinski definition) is 0. The van der Waals surface area contributed by atoms with Gasteiger partial charge in [-0.15, -0.1) is 0 Å². The molecule has 1 aromatic heterocycles. The van der Waals surface area contributed by atoms with Gasteiger partial charge in [-0.05, 0) is 34.3 Å². The highest BCUT2D eigenvalue weighted by Crippen LogP contribution is 2.38. The molecular weight excluding hydrogens is 324 g/mol. The van der Waals surface area contributed by atoms with Gasteiger partial charge in [0.15, 0.2) is 5.82 Å². The summed E-state index contributed by atoms with van der Waals surface area (Å²) < 4.78 is 27.4. The van der Waals surface area contributed by atoms with Crippen LogP contribution in [0.3, 0.4) is 0 Å². The zero-order valence-corrected chi connectivity index (χ0v) is 12.5. The van der Waals surface area contributed by atoms with Crippen LogP contribution >= 0.6 is 27.5 Å². The highest BCUT2D eigenvalue weighted by atomic mass is 79.9. The molecule has 0 fully saturated rings. The van der Waals surface area contributed by atoms with E-state index in [-0.39, 0.29) is 15.9 Å². The number of fused-ring (bicyclic) bond motifs is 1. The van der Waals surface area contributed by atoms with E-state index in [9.17, 15) is 8.78 Å². The third kappa shape index (κ3) is 2.01. The fourth-order valence-corrected chi connectivity index (χ4v) is 3.24. The summed E-state index contributed by atoms with van der Waals surface area (Å²) in [5, 5.41) is 0.654. The highest BCUT2D eigenvalue weighted by molar-refractivity contribution is 9.10. The SMILES string of the molecule is Cc1nc2c(F)cc(F)c(Br)c2c(Cl)c1C(C)C. The van der Waals surface area contributed by atoms with E-state index in [0.29, 0.717) is 16.1 Å². The molecular formula is C13H11BrClF2N. The number of rotatable bonds is 1. The summed E-state index contributed by atoms with van der Waals surface area (Å²) in [7, 11) is 0. The molecule has 1 aromatic carbocycles. The molecule has 18 heavy (non-hydrogen) atoms. The lowest BCUT2D eigenvalue weighted by Crippen LogP contribution is -2.01. The third-order valence-electron chi connectivity index (χ3n) is 2.85. The molecule has 0 unspecified atom stereocenters. The zero-order valence-electron chi connectivity index (χ0n) is 10.1. The van der Waals surface area contributed by atoms with Gasteiger partial charge in [0, 0.05) is 17.1 Å². The van der Waals surface area contributed by atoms with Gasteiger partial charge in [-0.1, -0.05) is 25.4 Å². The van der Waals surface area contributed by atoms with Crippen LogP contribution in [0.2, 0.25) is 5.02 Å². The molecule has 0 radical (unpaired) electrons. The zero-order chi connectivity index (χ0) is 13.6. The lowest BCUT2D eigenvalue weighted by Gasteiger charge is -2.15. The molecule has 2 rings (SSSR count). The molecule has 0 aliphatic heterocycles. The van der Waals surface area contributed by atoms with Crippen LogP contribution in [0.1, 0.15) is 31.0 Å². The molecule has 0 N–H and O–H groups in total. The first-order chi connectivity index (χ1) is 8.34. The predicted octanol–water partition coefficient (Wildman–Crippen LogP) is 5.36. The van der Waals surface area contributed by atoms with Crippen molar-refractivity contribution >= 4 is 38.4 Å². The molecule has 1 heterocycles. The van der Waals surface area contributed by atoms with Gasteiger partial charge in [0.25, 0.3) is 0 Å². The van der Waals surface area contributed by atoms with Crippen molar-refractivity contribution < 1.29 is 8.78 Å². The Balaban J connectivity index is 3.01. The Labute approximate surface area is 117 Å². The molecule has 2 aromatic rings. The van der Waals surface area contributed by atoms with E-state index in [2.05, 4.69) is 20.9 Å². The normalized spacial score (nSPS) is 11.6. The number of hydrogen-bond acceptors (Lipinski definition) is 1. The molecule has 5 heteroatoms. The second-order valence-electron chi connectivity index (χ2n) is 4.46. The number of nitrogens with zero attached hydrogens (tertiary/aromatic N) is 1. The van der Waals surface area contributed by atoms with E-state index in [0.717, 1.165) is 11.6 Å². The summed E-state index contributed by atoms with van der Waals surface area (Å²) in [5.74, 6) is -1.25. The molecule has 0 bridgehead atoms. The summed E-state index contributed by atoms with van der Waals surface area (Å²) in [6.45, 7) is 5.70. The van der Waals surface area contributed by atoms with Crippen molar-refractivity contribution in [2.24, 2.45) is 0 Å². The minimum absolute atomic E-state index is 0.0928. The van der Waals surface area contributed by atoms with Gasteiger partial charge in [0.05, 0.1) is 9.50 Å². The summed E-state index contributed by atoms with van der Waals surface area (Å²) in [6, 6.07) is 0.810. The van der Waals surface area contributed by atoms with Crippen molar-refractivity contribution in [3.63, 3.8) is 0 Å². The first-order valence-electron chi connectivity index (χ1n) is 5.47. The fraction of sp³-hybridized carbons (Fsp3) is 0.308. The highest BCUT2D eigenvalue weighted by Gasteiger charge is 2.20. The van der Waals surface area contributed by atoms with Gasteiger partial charge < -0.3 is 0 Å². The predicted molar refractivity (Wildman–Crippen MR) is 73.2 cm³/mol. The van der Waals surface area contributed by atoms with E-state index in [1.165, 1.54) is 0 Å². The summed E-state index contributed by atoms with van der Waals surface area (Å²) in [6.07, 6.45) is 0. The van der Waals surface area contributed by atoms with Crippen LogP contribution < -0.4 is 0 Å². The Morgan fingerprint density at radius 2 is 1.89 bits per heavy atom. The number of halogens is 4. The van der Waals surface area contributed by atoms with E-state index in [4.69, 9.17) is 11.6 Å². The minimum Gasteiger partial charge on any atom is -0.250 e. The number of benzene rings is 1. The molecule has 0 spiro atoms. The first kappa shape index (κ1) is 13.7. The van der Waals surface area contributed by atoms with Crippen LogP contribution in [0, 0.1) is 18.6 Å². The topological polar surface area (TPSA) is 12.9 Å². The Hall–Kier alpha value is -0.740. The van der Waals surface area contributed by atoms with Crippen LogP contribution in [-0.4, -0.2) is 4.98 Å². The molecule has 0 saturated carbocycles. The molecule has 0 saturated heterocycles. The summed E-state index contributed by atoms with van der Waals surface area (Å²) >= 11 is 9.40. The Bertz CT molecular complexity index is 641. The molecule has 0 aliphatic rings. The standard InChI is InChI=1S/C13H11BrClF2N/c1-5(2)9-6(3)18-13-8(17)4-7(16)11(14)10(13)12(9)15/h4-5H,1-3H3. The second-order valence-corrected chi connectivity index (χ2v) is 5.63. The molecule has 0 atom stereocenters. The molecule has 96 valence electrons. The Morgan fingerprint density at radius 1 is 1.28 bits per heavy atom. The van der Waals surface area contributed by atoms with Gasteiger partial charge in [-0.25, -0.2) is 13.8 Å². The van der Waals surface area contributed by atoms with E-state index >= 15 is 0 Å². The average molecular weight is 335 g/mol. The van der Waals surface area contributed by atoms with E-state index < -0.39 is 11.6 Å². The van der Waals surface area contributed by atoms with Crippen molar-refractivity contribution in [3.05, 3.63) is 38.5 Å². The van der Waals surface area contributed by atoms with Crippen LogP contribution in [0.5, 0.6) is 0 Å². The summed E-state index contributed by atoms with van der Waals surface area (Å²) in [4.78, 5) is 4.20. The van der Waals surface area contributed by atoms with Crippen LogP contribution in [0.25, 0.3) is 10.9 Å². The van der Waals surface area contributed by atoms with E-state index in [1.807, 2.05) is 13.8 Å². The van der Waals surface area contributed by atoms with Crippen LogP contribution in [0.15, 0.2) is 10.5 Å². The fourth-order valence-electron chi connectivity index (χ4n) is 2.09. The molecule has 0 amide bonds. The van der Waals surface area contributed by atoms with Gasteiger partial charge in [0.2, 0.25) is 0 Å². The average Bonchev–Trinajstić information content (AvgIpc) is 2.25. The number of aryl methyl sites for hydroxylation is 1. The van der Waals surface area contributed by atoms with Crippen molar-refractivity contribution in [3.8, 4) is 0 Å². The van der Waals surface area contributed by atoms with Crippen molar-refractivity contribution in [2.45, 2.75) is 26.7 Å². The maximum Gasteiger partial charge on any atom is 0.152 e. The maximum absolute atomic E-state index is 13.7. The third-order valence-corrected chi connectivity index (χ3v) is 4.02. The van der Waals surface area contributed by atoms with E-state index in [1.54, 1.807) is 6.92 Å². The molecule has 0 aliphatic carbocycles. The number of aromatic nitrogens is 1. The first-order valence-corrected chi connectivity index (χ1v) is 6.64. The quantitative estimate of drug-likeness (QED) is 0.640. The van der Waals surface area contributed by atoms with Crippen molar-refractivity contribution in [1.29, 1.82) is 0 Å². The Kier molecular flexibility index (Phi) is 3.60. The maximum atomic E-state index is 13.7. The van der Waals surface area contributed by atoms with Crippen molar-refractivity contribution in [1.82, 2.24) is 4.98 Å². The largest absolute Gasteiger partial charge is 0.250 e. The van der Waals surface area contributed by atoms with Crippen LogP contribution in [-0.2, 0) is 0 Å². The van der Waals surface area contributed by atoms with Crippen molar-refractivity contribution in [2.75, 3.05) is 0 Å². The van der Waals surface area contributed by atoms with Gasteiger partial charge in [-0.2, -0.15) is 0 Å². The van der Waals surface area contributed by atoms with Gasteiger partial charge in [0.1, 0.15) is 11.3 Å². The minimum atomic E-state index is -0.703.